The van der Waals surface area contributed by atoms with E-state index in [0.29, 0.717) is 16.8 Å². The minimum absolute atomic E-state index is 0.153. The summed E-state index contributed by atoms with van der Waals surface area (Å²) >= 11 is 0. The first kappa shape index (κ1) is 11.3. The van der Waals surface area contributed by atoms with Crippen LogP contribution in [0, 0.1) is 0 Å². The van der Waals surface area contributed by atoms with Crippen LogP contribution in [0.4, 0.5) is 0 Å². The first-order valence-corrected chi connectivity index (χ1v) is 5.17. The quantitative estimate of drug-likeness (QED) is 0.448. The number of fused-ring (bicyclic) bond motifs is 1. The van der Waals surface area contributed by atoms with Crippen LogP contribution in [-0.4, -0.2) is 36.1 Å². The summed E-state index contributed by atoms with van der Waals surface area (Å²) in [7, 11) is 1.42. The normalized spacial score (nSPS) is 15.2. The van der Waals surface area contributed by atoms with Crippen LogP contribution < -0.4 is 0 Å². The molecular weight excluding hydrogens is 220 g/mol. The molecule has 0 aromatic heterocycles. The predicted octanol–water partition coefficient (Wildman–Crippen LogP) is 1.30. The lowest BCUT2D eigenvalue weighted by Gasteiger charge is -2.12. The van der Waals surface area contributed by atoms with E-state index in [0.717, 1.165) is 0 Å². The van der Waals surface area contributed by atoms with Gasteiger partial charge in [0.15, 0.2) is 0 Å². The Morgan fingerprint density at radius 3 is 2.24 bits per heavy atom. The summed E-state index contributed by atoms with van der Waals surface area (Å²) in [5, 5.41) is 3.69. The van der Waals surface area contributed by atoms with Crippen molar-refractivity contribution in [3.63, 3.8) is 0 Å². The Labute approximate surface area is 98.7 Å². The van der Waals surface area contributed by atoms with Crippen LogP contribution in [0.1, 0.15) is 27.6 Å². The average Bonchev–Trinajstić information content (AvgIpc) is 2.56. The summed E-state index contributed by atoms with van der Waals surface area (Å²) in [4.78, 5) is 29.7. The van der Waals surface area contributed by atoms with E-state index in [9.17, 15) is 9.59 Å². The molecule has 0 fully saturated rings. The van der Waals surface area contributed by atoms with E-state index >= 15 is 0 Å². The van der Waals surface area contributed by atoms with Crippen molar-refractivity contribution in [2.24, 2.45) is 5.16 Å². The highest BCUT2D eigenvalue weighted by Gasteiger charge is 2.35. The summed E-state index contributed by atoms with van der Waals surface area (Å²) in [6.45, 7) is 1.85. The fraction of sp³-hybridized carbons (Fsp3) is 0.250. The van der Waals surface area contributed by atoms with E-state index in [4.69, 9.17) is 0 Å². The second kappa shape index (κ2) is 4.37. The van der Waals surface area contributed by atoms with Gasteiger partial charge in [-0.25, -0.2) is 0 Å². The number of rotatable bonds is 3. The minimum Gasteiger partial charge on any atom is -0.399 e. The van der Waals surface area contributed by atoms with Gasteiger partial charge in [-0.15, -0.1) is 0 Å². The fourth-order valence-electron chi connectivity index (χ4n) is 1.80. The van der Waals surface area contributed by atoms with Crippen molar-refractivity contribution in [1.82, 2.24) is 4.90 Å². The molecule has 0 bridgehead atoms. The number of carbonyl (C=O) groups excluding carboxylic acids is 2. The van der Waals surface area contributed by atoms with Gasteiger partial charge in [0.1, 0.15) is 7.11 Å². The van der Waals surface area contributed by atoms with Crippen LogP contribution in [-0.2, 0) is 4.84 Å². The molecule has 5 nitrogen and oxygen atoms in total. The standard InChI is InChI=1S/C12H12N2O3/c1-8(13-17-2)7-14-11(15)9-5-3-4-6-10(9)12(14)16/h3-6H,7H2,1-2H3/b13-8+. The Hall–Kier alpha value is -2.17. The number of oxime groups is 1. The van der Waals surface area contributed by atoms with Crippen molar-refractivity contribution >= 4 is 17.5 Å². The minimum atomic E-state index is -0.281. The number of hydrogen-bond acceptors (Lipinski definition) is 4. The van der Waals surface area contributed by atoms with E-state index in [1.165, 1.54) is 12.0 Å². The van der Waals surface area contributed by atoms with E-state index in [-0.39, 0.29) is 18.4 Å². The monoisotopic (exact) mass is 232 g/mol. The molecule has 1 aromatic carbocycles. The van der Waals surface area contributed by atoms with Crippen molar-refractivity contribution in [2.45, 2.75) is 6.92 Å². The number of hydrogen-bond donors (Lipinski definition) is 0. The summed E-state index contributed by atoms with van der Waals surface area (Å²) < 4.78 is 0. The third-order valence-electron chi connectivity index (χ3n) is 2.51. The van der Waals surface area contributed by atoms with Crippen LogP contribution >= 0.6 is 0 Å². The van der Waals surface area contributed by atoms with Crippen molar-refractivity contribution in [3.05, 3.63) is 35.4 Å². The first-order valence-electron chi connectivity index (χ1n) is 5.17. The molecule has 5 heteroatoms. The van der Waals surface area contributed by atoms with Gasteiger partial charge in [-0.2, -0.15) is 0 Å². The van der Waals surface area contributed by atoms with Crippen molar-refractivity contribution < 1.29 is 14.4 Å². The number of nitrogens with zero attached hydrogens (tertiary/aromatic N) is 2. The Bertz CT molecular complexity index is 473. The largest absolute Gasteiger partial charge is 0.399 e. The maximum atomic E-state index is 12.0. The lowest BCUT2D eigenvalue weighted by molar-refractivity contribution is 0.0675. The topological polar surface area (TPSA) is 59.0 Å². The van der Waals surface area contributed by atoms with Crippen LogP contribution in [0.5, 0.6) is 0 Å². The fourth-order valence-corrected chi connectivity index (χ4v) is 1.80. The van der Waals surface area contributed by atoms with Gasteiger partial charge in [-0.3, -0.25) is 14.5 Å². The zero-order valence-electron chi connectivity index (χ0n) is 9.64. The highest BCUT2D eigenvalue weighted by molar-refractivity contribution is 6.22. The second-order valence-electron chi connectivity index (χ2n) is 3.75. The Kier molecular flexibility index (Phi) is 2.91. The van der Waals surface area contributed by atoms with Crippen LogP contribution in [0.25, 0.3) is 0 Å². The van der Waals surface area contributed by atoms with Crippen LogP contribution in [0.2, 0.25) is 0 Å². The molecule has 0 saturated heterocycles. The van der Waals surface area contributed by atoms with E-state index < -0.39 is 0 Å². The Morgan fingerprint density at radius 1 is 1.24 bits per heavy atom. The molecule has 0 saturated carbocycles. The third-order valence-corrected chi connectivity index (χ3v) is 2.51. The lowest BCUT2D eigenvalue weighted by Crippen LogP contribution is -2.34. The molecule has 0 aliphatic carbocycles. The molecule has 88 valence electrons. The van der Waals surface area contributed by atoms with Crippen molar-refractivity contribution in [3.8, 4) is 0 Å². The van der Waals surface area contributed by atoms with Gasteiger partial charge >= 0.3 is 0 Å². The highest BCUT2D eigenvalue weighted by atomic mass is 16.6. The summed E-state index contributed by atoms with van der Waals surface area (Å²) in [6, 6.07) is 6.78. The Morgan fingerprint density at radius 2 is 1.76 bits per heavy atom. The number of imide groups is 1. The van der Waals surface area contributed by atoms with Crippen molar-refractivity contribution in [1.29, 1.82) is 0 Å². The average molecular weight is 232 g/mol. The smallest absolute Gasteiger partial charge is 0.261 e. The van der Waals surface area contributed by atoms with E-state index in [2.05, 4.69) is 9.99 Å². The van der Waals surface area contributed by atoms with Crippen LogP contribution in [0.15, 0.2) is 29.4 Å². The number of carbonyl (C=O) groups is 2. The Balaban J connectivity index is 2.28. The molecular formula is C12H12N2O3. The third kappa shape index (κ3) is 1.91. The molecule has 1 aliphatic rings. The van der Waals surface area contributed by atoms with Gasteiger partial charge in [0, 0.05) is 0 Å². The van der Waals surface area contributed by atoms with Gasteiger partial charge in [-0.1, -0.05) is 17.3 Å². The SMILES string of the molecule is CO/N=C(\C)CN1C(=O)c2ccccc2C1=O. The first-order chi connectivity index (χ1) is 8.15. The van der Waals surface area contributed by atoms with Gasteiger partial charge < -0.3 is 4.84 Å². The van der Waals surface area contributed by atoms with E-state index in [1.54, 1.807) is 31.2 Å². The maximum absolute atomic E-state index is 12.0. The summed E-state index contributed by atoms with van der Waals surface area (Å²) in [5.41, 5.74) is 1.47. The van der Waals surface area contributed by atoms with Crippen LogP contribution in [0.3, 0.4) is 0 Å². The molecule has 1 heterocycles. The zero-order chi connectivity index (χ0) is 12.4. The van der Waals surface area contributed by atoms with Gasteiger partial charge in [-0.05, 0) is 19.1 Å². The van der Waals surface area contributed by atoms with Crippen molar-refractivity contribution in [2.75, 3.05) is 13.7 Å². The zero-order valence-corrected chi connectivity index (χ0v) is 9.64. The summed E-state index contributed by atoms with van der Waals surface area (Å²) in [6.07, 6.45) is 0. The molecule has 0 atom stereocenters. The van der Waals surface area contributed by atoms with E-state index in [1.807, 2.05) is 0 Å². The molecule has 0 radical (unpaired) electrons. The second-order valence-corrected chi connectivity index (χ2v) is 3.75. The lowest BCUT2D eigenvalue weighted by atomic mass is 10.1. The molecule has 2 rings (SSSR count). The maximum Gasteiger partial charge on any atom is 0.261 e. The highest BCUT2D eigenvalue weighted by Crippen LogP contribution is 2.21. The summed E-state index contributed by atoms with van der Waals surface area (Å²) in [5.74, 6) is -0.562. The van der Waals surface area contributed by atoms with Gasteiger partial charge in [0.2, 0.25) is 0 Å². The molecule has 0 unspecified atom stereocenters. The van der Waals surface area contributed by atoms with Gasteiger partial charge in [0.05, 0.1) is 23.4 Å². The number of benzene rings is 1. The molecule has 0 N–H and O–H groups in total. The molecule has 0 spiro atoms. The molecule has 1 aliphatic heterocycles. The molecule has 1 aromatic rings. The van der Waals surface area contributed by atoms with Gasteiger partial charge in [0.25, 0.3) is 11.8 Å². The predicted molar refractivity (Wildman–Crippen MR) is 61.9 cm³/mol. The number of amides is 2. The molecule has 17 heavy (non-hydrogen) atoms. The molecule has 2 amide bonds.